The molecular weight excluding hydrogens is 349 g/mol. The molecule has 1 amide bonds. The van der Waals surface area contributed by atoms with Gasteiger partial charge < -0.3 is 9.47 Å². The minimum Gasteiger partial charge on any atom is -0.493 e. The Morgan fingerprint density at radius 3 is 2.46 bits per heavy atom. The van der Waals surface area contributed by atoms with E-state index in [1.54, 1.807) is 5.43 Å². The van der Waals surface area contributed by atoms with Crippen molar-refractivity contribution in [3.63, 3.8) is 0 Å². The quantitative estimate of drug-likeness (QED) is 0.325. The number of hydrazine groups is 1. The number of benzene rings is 2. The number of amides is 1. The highest BCUT2D eigenvalue weighted by molar-refractivity contribution is 5.94. The molecule has 0 heterocycles. The number of alkyl halides is 3. The topological polar surface area (TPSA) is 73.6 Å². The molecular formula is C18H19F3N2O3. The van der Waals surface area contributed by atoms with E-state index < -0.39 is 17.6 Å². The number of halogens is 3. The maximum atomic E-state index is 13.1. The van der Waals surface area contributed by atoms with Crippen LogP contribution in [-0.2, 0) is 17.5 Å². The number of hydrogen-bond acceptors (Lipinski definition) is 4. The molecule has 26 heavy (non-hydrogen) atoms. The highest BCUT2D eigenvalue weighted by Crippen LogP contribution is 2.36. The Morgan fingerprint density at radius 2 is 1.81 bits per heavy atom. The summed E-state index contributed by atoms with van der Waals surface area (Å²) >= 11 is 0. The molecule has 0 aliphatic heterocycles. The smallest absolute Gasteiger partial charge is 0.419 e. The van der Waals surface area contributed by atoms with Crippen molar-refractivity contribution < 1.29 is 27.4 Å². The molecule has 0 bridgehead atoms. The second kappa shape index (κ2) is 9.21. The molecule has 2 rings (SSSR count). The molecule has 0 fully saturated rings. The molecule has 0 spiro atoms. The molecule has 0 unspecified atom stereocenters. The average Bonchev–Trinajstić information content (AvgIpc) is 2.64. The van der Waals surface area contributed by atoms with Gasteiger partial charge in [0, 0.05) is 12.0 Å². The van der Waals surface area contributed by atoms with E-state index in [4.69, 9.17) is 15.3 Å². The fourth-order valence-corrected chi connectivity index (χ4v) is 2.21. The van der Waals surface area contributed by atoms with E-state index in [2.05, 4.69) is 0 Å². The monoisotopic (exact) mass is 368 g/mol. The standard InChI is InChI=1S/C18H19F3N2O3/c19-18(20,21)15-11-14(17(24)23-22)7-8-16(15)26-10-4-9-25-12-13-5-2-1-3-6-13/h1-3,5-8,11H,4,9-10,12,22H2,(H,23,24). The van der Waals surface area contributed by atoms with Crippen molar-refractivity contribution in [1.82, 2.24) is 5.43 Å². The Hall–Kier alpha value is -2.58. The van der Waals surface area contributed by atoms with Crippen LogP contribution in [0.3, 0.4) is 0 Å². The normalized spacial score (nSPS) is 11.2. The zero-order valence-electron chi connectivity index (χ0n) is 13.9. The molecule has 0 aliphatic rings. The molecule has 2 aromatic carbocycles. The summed E-state index contributed by atoms with van der Waals surface area (Å²) in [6.45, 7) is 0.835. The van der Waals surface area contributed by atoms with Crippen molar-refractivity contribution in [2.24, 2.45) is 5.84 Å². The van der Waals surface area contributed by atoms with E-state index in [0.717, 1.165) is 11.6 Å². The van der Waals surface area contributed by atoms with Crippen LogP contribution in [0.25, 0.3) is 0 Å². The zero-order valence-corrected chi connectivity index (χ0v) is 13.9. The van der Waals surface area contributed by atoms with Crippen LogP contribution < -0.4 is 16.0 Å². The average molecular weight is 368 g/mol. The largest absolute Gasteiger partial charge is 0.493 e. The van der Waals surface area contributed by atoms with Gasteiger partial charge >= 0.3 is 6.18 Å². The second-order valence-corrected chi connectivity index (χ2v) is 5.42. The first-order chi connectivity index (χ1) is 12.4. The van der Waals surface area contributed by atoms with Gasteiger partial charge in [-0.05, 0) is 23.8 Å². The van der Waals surface area contributed by atoms with Gasteiger partial charge in [-0.3, -0.25) is 10.2 Å². The highest BCUT2D eigenvalue weighted by atomic mass is 19.4. The minimum atomic E-state index is -4.65. The minimum absolute atomic E-state index is 0.0559. The van der Waals surface area contributed by atoms with Crippen LogP contribution in [0.2, 0.25) is 0 Å². The molecule has 8 heteroatoms. The summed E-state index contributed by atoms with van der Waals surface area (Å²) in [5, 5.41) is 0. The Balaban J connectivity index is 1.87. The summed E-state index contributed by atoms with van der Waals surface area (Å²) in [6.07, 6.45) is -4.22. The fourth-order valence-electron chi connectivity index (χ4n) is 2.21. The van der Waals surface area contributed by atoms with Crippen molar-refractivity contribution in [1.29, 1.82) is 0 Å². The lowest BCUT2D eigenvalue weighted by Gasteiger charge is -2.15. The summed E-state index contributed by atoms with van der Waals surface area (Å²) in [5.41, 5.74) is 1.59. The summed E-state index contributed by atoms with van der Waals surface area (Å²) in [7, 11) is 0. The lowest BCUT2D eigenvalue weighted by Crippen LogP contribution is -2.30. The van der Waals surface area contributed by atoms with E-state index in [1.165, 1.54) is 6.07 Å². The third-order valence-corrected chi connectivity index (χ3v) is 3.48. The lowest BCUT2D eigenvalue weighted by atomic mass is 10.1. The van der Waals surface area contributed by atoms with Crippen LogP contribution in [0.1, 0.15) is 27.9 Å². The van der Waals surface area contributed by atoms with Crippen molar-refractivity contribution >= 4 is 5.91 Å². The van der Waals surface area contributed by atoms with Crippen molar-refractivity contribution in [2.75, 3.05) is 13.2 Å². The van der Waals surface area contributed by atoms with Crippen molar-refractivity contribution in [2.45, 2.75) is 19.2 Å². The summed E-state index contributed by atoms with van der Waals surface area (Å²) in [4.78, 5) is 11.4. The number of nitrogen functional groups attached to an aromatic ring is 1. The number of hydrogen-bond donors (Lipinski definition) is 2. The van der Waals surface area contributed by atoms with Gasteiger partial charge in [0.15, 0.2) is 0 Å². The number of rotatable bonds is 8. The number of nitrogens with two attached hydrogens (primary N) is 1. The van der Waals surface area contributed by atoms with Gasteiger partial charge in [-0.15, -0.1) is 0 Å². The SMILES string of the molecule is NNC(=O)c1ccc(OCCCOCc2ccccc2)c(C(F)(F)F)c1. The van der Waals surface area contributed by atoms with Gasteiger partial charge in [0.25, 0.3) is 5.91 Å². The van der Waals surface area contributed by atoms with E-state index >= 15 is 0 Å². The maximum absolute atomic E-state index is 13.1. The van der Waals surface area contributed by atoms with Gasteiger partial charge in [0.1, 0.15) is 5.75 Å². The van der Waals surface area contributed by atoms with Crippen molar-refractivity contribution in [3.05, 3.63) is 65.2 Å². The van der Waals surface area contributed by atoms with Crippen LogP contribution in [0, 0.1) is 0 Å². The first-order valence-electron chi connectivity index (χ1n) is 7.88. The lowest BCUT2D eigenvalue weighted by molar-refractivity contribution is -0.139. The van der Waals surface area contributed by atoms with E-state index in [9.17, 15) is 18.0 Å². The van der Waals surface area contributed by atoms with Gasteiger partial charge in [0.2, 0.25) is 0 Å². The first kappa shape index (κ1) is 19.7. The van der Waals surface area contributed by atoms with Gasteiger partial charge in [-0.2, -0.15) is 13.2 Å². The summed E-state index contributed by atoms with van der Waals surface area (Å²) < 4.78 is 50.1. The number of ether oxygens (including phenoxy) is 2. The zero-order chi connectivity index (χ0) is 19.0. The fraction of sp³-hybridized carbons (Fsp3) is 0.278. The summed E-state index contributed by atoms with van der Waals surface area (Å²) in [5.74, 6) is 3.80. The van der Waals surface area contributed by atoms with Crippen LogP contribution >= 0.6 is 0 Å². The van der Waals surface area contributed by atoms with Gasteiger partial charge in [0.05, 0.1) is 25.4 Å². The Bertz CT molecular complexity index is 721. The third-order valence-electron chi connectivity index (χ3n) is 3.48. The predicted molar refractivity (Wildman–Crippen MR) is 89.3 cm³/mol. The number of carbonyl (C=O) groups is 1. The molecule has 3 N–H and O–H groups in total. The molecule has 0 atom stereocenters. The molecule has 2 aromatic rings. The Morgan fingerprint density at radius 1 is 1.08 bits per heavy atom. The summed E-state index contributed by atoms with van der Waals surface area (Å²) in [6, 6.07) is 12.6. The molecule has 0 radical (unpaired) electrons. The highest BCUT2D eigenvalue weighted by Gasteiger charge is 2.35. The second-order valence-electron chi connectivity index (χ2n) is 5.42. The van der Waals surface area contributed by atoms with Crippen LogP contribution in [0.5, 0.6) is 5.75 Å². The van der Waals surface area contributed by atoms with E-state index in [1.807, 2.05) is 30.3 Å². The van der Waals surface area contributed by atoms with Gasteiger partial charge in [-0.25, -0.2) is 5.84 Å². The molecule has 0 saturated heterocycles. The molecule has 0 aliphatic carbocycles. The van der Waals surface area contributed by atoms with Crippen LogP contribution in [0.4, 0.5) is 13.2 Å². The number of carbonyl (C=O) groups excluding carboxylic acids is 1. The van der Waals surface area contributed by atoms with Crippen LogP contribution in [-0.4, -0.2) is 19.1 Å². The number of nitrogens with one attached hydrogen (secondary N) is 1. The molecule has 5 nitrogen and oxygen atoms in total. The Labute approximate surface area is 148 Å². The van der Waals surface area contributed by atoms with E-state index in [0.29, 0.717) is 25.7 Å². The third kappa shape index (κ3) is 5.75. The van der Waals surface area contributed by atoms with E-state index in [-0.39, 0.29) is 17.9 Å². The molecule has 0 aromatic heterocycles. The maximum Gasteiger partial charge on any atom is 0.419 e. The van der Waals surface area contributed by atoms with Crippen LogP contribution in [0.15, 0.2) is 48.5 Å². The predicted octanol–water partition coefficient (Wildman–Crippen LogP) is 3.29. The molecule has 140 valence electrons. The van der Waals surface area contributed by atoms with Crippen molar-refractivity contribution in [3.8, 4) is 5.75 Å². The first-order valence-corrected chi connectivity index (χ1v) is 7.88. The Kier molecular flexibility index (Phi) is 6.99. The van der Waals surface area contributed by atoms with Gasteiger partial charge in [-0.1, -0.05) is 30.3 Å². The molecule has 0 saturated carbocycles.